The van der Waals surface area contributed by atoms with Gasteiger partial charge in [0.2, 0.25) is 11.8 Å². The molecular formula is C27H29N7O3. The zero-order valence-electron chi connectivity index (χ0n) is 20.7. The van der Waals surface area contributed by atoms with Gasteiger partial charge in [0.15, 0.2) is 0 Å². The number of aromatic nitrogens is 4. The monoisotopic (exact) mass is 499 g/mol. The molecule has 0 bridgehead atoms. The summed E-state index contributed by atoms with van der Waals surface area (Å²) >= 11 is 0. The first kappa shape index (κ1) is 24.4. The Morgan fingerprint density at radius 1 is 1.00 bits per heavy atom. The molecule has 2 aromatic heterocycles. The Bertz CT molecular complexity index is 1440. The zero-order chi connectivity index (χ0) is 25.6. The van der Waals surface area contributed by atoms with E-state index in [9.17, 15) is 9.59 Å². The smallest absolute Gasteiger partial charge is 0.267 e. The van der Waals surface area contributed by atoms with Gasteiger partial charge in [-0.15, -0.1) is 0 Å². The van der Waals surface area contributed by atoms with E-state index < -0.39 is 0 Å². The molecule has 1 aliphatic heterocycles. The summed E-state index contributed by atoms with van der Waals surface area (Å²) in [5, 5.41) is 9.34. The van der Waals surface area contributed by atoms with Crippen molar-refractivity contribution >= 4 is 22.5 Å². The van der Waals surface area contributed by atoms with E-state index in [1.54, 1.807) is 6.07 Å². The van der Waals surface area contributed by atoms with E-state index >= 15 is 0 Å². The van der Waals surface area contributed by atoms with Crippen LogP contribution in [0.5, 0.6) is 5.88 Å². The SMILES string of the molecule is CN1CCN(c2cc(OCCNC(=O)Cn3nc(-c4cccc5ccccc45)ccc3=O)ncn2)CC1. The molecule has 1 aliphatic rings. The van der Waals surface area contributed by atoms with Crippen molar-refractivity contribution in [1.29, 1.82) is 0 Å². The van der Waals surface area contributed by atoms with Crippen LogP contribution in [0.25, 0.3) is 22.0 Å². The lowest BCUT2D eigenvalue weighted by Crippen LogP contribution is -2.44. The summed E-state index contributed by atoms with van der Waals surface area (Å²) in [6.45, 7) is 4.09. The largest absolute Gasteiger partial charge is 0.476 e. The van der Waals surface area contributed by atoms with Gasteiger partial charge in [0.1, 0.15) is 25.3 Å². The zero-order valence-corrected chi connectivity index (χ0v) is 20.7. The molecule has 5 rings (SSSR count). The van der Waals surface area contributed by atoms with Gasteiger partial charge in [-0.2, -0.15) is 5.10 Å². The Morgan fingerprint density at radius 2 is 1.81 bits per heavy atom. The van der Waals surface area contributed by atoms with Crippen molar-refractivity contribution < 1.29 is 9.53 Å². The molecule has 1 fully saturated rings. The molecule has 37 heavy (non-hydrogen) atoms. The van der Waals surface area contributed by atoms with Crippen LogP contribution >= 0.6 is 0 Å². The van der Waals surface area contributed by atoms with Crippen molar-refractivity contribution in [3.63, 3.8) is 0 Å². The van der Waals surface area contributed by atoms with Crippen LogP contribution in [-0.2, 0) is 11.3 Å². The second kappa shape index (κ2) is 11.2. The lowest BCUT2D eigenvalue weighted by molar-refractivity contribution is -0.122. The van der Waals surface area contributed by atoms with Crippen LogP contribution in [0, 0.1) is 0 Å². The lowest BCUT2D eigenvalue weighted by atomic mass is 10.0. The van der Waals surface area contributed by atoms with Crippen molar-refractivity contribution in [3.8, 4) is 17.1 Å². The molecule has 0 saturated carbocycles. The summed E-state index contributed by atoms with van der Waals surface area (Å²) in [5.41, 5.74) is 1.20. The molecule has 3 heterocycles. The number of carbonyl (C=O) groups is 1. The molecule has 10 nitrogen and oxygen atoms in total. The highest BCUT2D eigenvalue weighted by molar-refractivity contribution is 5.95. The second-order valence-corrected chi connectivity index (χ2v) is 8.94. The first-order valence-electron chi connectivity index (χ1n) is 12.3. The first-order valence-corrected chi connectivity index (χ1v) is 12.3. The third kappa shape index (κ3) is 5.92. The van der Waals surface area contributed by atoms with E-state index in [1.165, 1.54) is 17.1 Å². The Labute approximate surface area is 214 Å². The van der Waals surface area contributed by atoms with Crippen LogP contribution in [0.15, 0.2) is 71.8 Å². The Morgan fingerprint density at radius 3 is 2.68 bits per heavy atom. The van der Waals surface area contributed by atoms with Gasteiger partial charge < -0.3 is 19.9 Å². The molecule has 1 N–H and O–H groups in total. The number of anilines is 1. The lowest BCUT2D eigenvalue weighted by Gasteiger charge is -2.33. The van der Waals surface area contributed by atoms with Crippen LogP contribution in [0.2, 0.25) is 0 Å². The number of hydrogen-bond donors (Lipinski definition) is 1. The maximum atomic E-state index is 12.5. The van der Waals surface area contributed by atoms with Gasteiger partial charge in [0, 0.05) is 43.9 Å². The number of likely N-dealkylation sites (N-methyl/N-ethyl adjacent to an activating group) is 1. The molecule has 0 atom stereocenters. The van der Waals surface area contributed by atoms with Gasteiger partial charge in [-0.3, -0.25) is 9.59 Å². The van der Waals surface area contributed by atoms with Crippen molar-refractivity contribution in [2.75, 3.05) is 51.3 Å². The number of amides is 1. The standard InChI is InChI=1S/C27H29N7O3/c1-32-12-14-33(15-13-32)24-17-26(30-19-29-24)37-16-11-28-25(35)18-34-27(36)10-9-23(31-34)22-8-4-6-20-5-2-3-7-21(20)22/h2-10,17,19H,11-16,18H2,1H3,(H,28,35). The maximum absolute atomic E-state index is 12.5. The number of ether oxygens (including phenoxy) is 1. The summed E-state index contributed by atoms with van der Waals surface area (Å²) in [6, 6.07) is 18.9. The fourth-order valence-electron chi connectivity index (χ4n) is 4.31. The van der Waals surface area contributed by atoms with Crippen LogP contribution in [0.4, 0.5) is 5.82 Å². The second-order valence-electron chi connectivity index (χ2n) is 8.94. The Kier molecular flexibility index (Phi) is 7.36. The topological polar surface area (TPSA) is 105 Å². The van der Waals surface area contributed by atoms with Crippen LogP contribution in [0.1, 0.15) is 0 Å². The molecular weight excluding hydrogens is 470 g/mol. The third-order valence-corrected chi connectivity index (χ3v) is 6.35. The van der Waals surface area contributed by atoms with E-state index in [1.807, 2.05) is 48.5 Å². The van der Waals surface area contributed by atoms with E-state index in [2.05, 4.69) is 37.2 Å². The number of hydrogen-bond acceptors (Lipinski definition) is 8. The highest BCUT2D eigenvalue weighted by atomic mass is 16.5. The van der Waals surface area contributed by atoms with Crippen molar-refractivity contribution in [1.82, 2.24) is 30.0 Å². The van der Waals surface area contributed by atoms with Gasteiger partial charge in [-0.25, -0.2) is 14.6 Å². The first-order chi connectivity index (χ1) is 18.1. The molecule has 10 heteroatoms. The third-order valence-electron chi connectivity index (χ3n) is 6.35. The van der Waals surface area contributed by atoms with Crippen molar-refractivity contribution in [2.24, 2.45) is 0 Å². The van der Waals surface area contributed by atoms with Crippen LogP contribution in [0.3, 0.4) is 0 Å². The normalized spacial score (nSPS) is 14.0. The molecule has 190 valence electrons. The van der Waals surface area contributed by atoms with E-state index in [0.717, 1.165) is 48.3 Å². The molecule has 0 radical (unpaired) electrons. The summed E-state index contributed by atoms with van der Waals surface area (Å²) in [5.74, 6) is 0.964. The average molecular weight is 500 g/mol. The average Bonchev–Trinajstić information content (AvgIpc) is 2.93. The molecule has 1 saturated heterocycles. The van der Waals surface area contributed by atoms with Gasteiger partial charge >= 0.3 is 0 Å². The maximum Gasteiger partial charge on any atom is 0.267 e. The molecule has 0 aliphatic carbocycles. The highest BCUT2D eigenvalue weighted by Crippen LogP contribution is 2.26. The predicted octanol–water partition coefficient (Wildman–Crippen LogP) is 1.80. The number of benzene rings is 2. The summed E-state index contributed by atoms with van der Waals surface area (Å²) < 4.78 is 6.89. The number of fused-ring (bicyclic) bond motifs is 1. The molecule has 1 amide bonds. The number of nitrogens with zero attached hydrogens (tertiary/aromatic N) is 6. The minimum absolute atomic E-state index is 0.182. The van der Waals surface area contributed by atoms with Gasteiger partial charge in [0.05, 0.1) is 12.2 Å². The molecule has 0 unspecified atom stereocenters. The number of piperazine rings is 1. The van der Waals surface area contributed by atoms with Gasteiger partial charge in [-0.05, 0) is 23.9 Å². The summed E-state index contributed by atoms with van der Waals surface area (Å²) in [6.07, 6.45) is 1.49. The van der Waals surface area contributed by atoms with Crippen LogP contribution in [-0.4, -0.2) is 76.9 Å². The predicted molar refractivity (Wildman–Crippen MR) is 142 cm³/mol. The fourth-order valence-corrected chi connectivity index (χ4v) is 4.31. The number of rotatable bonds is 8. The van der Waals surface area contributed by atoms with Gasteiger partial charge in [-0.1, -0.05) is 42.5 Å². The summed E-state index contributed by atoms with van der Waals surface area (Å²) in [4.78, 5) is 37.9. The quantitative estimate of drug-likeness (QED) is 0.366. The highest BCUT2D eigenvalue weighted by Gasteiger charge is 2.16. The Hall–Kier alpha value is -4.31. The van der Waals surface area contributed by atoms with Crippen LogP contribution < -0.4 is 20.5 Å². The van der Waals surface area contributed by atoms with E-state index in [0.29, 0.717) is 11.6 Å². The minimum atomic E-state index is -0.340. The van der Waals surface area contributed by atoms with Crippen molar-refractivity contribution in [2.45, 2.75) is 6.54 Å². The molecule has 2 aromatic carbocycles. The fraction of sp³-hybridized carbons (Fsp3) is 0.296. The van der Waals surface area contributed by atoms with Gasteiger partial charge in [0.25, 0.3) is 5.56 Å². The number of carbonyl (C=O) groups excluding carboxylic acids is 1. The Balaban J connectivity index is 1.16. The minimum Gasteiger partial charge on any atom is -0.476 e. The van der Waals surface area contributed by atoms with Crippen molar-refractivity contribution in [3.05, 3.63) is 77.3 Å². The molecule has 0 spiro atoms. The van der Waals surface area contributed by atoms with E-state index in [-0.39, 0.29) is 31.2 Å². The van der Waals surface area contributed by atoms with E-state index in [4.69, 9.17) is 4.74 Å². The number of nitrogens with one attached hydrogen (secondary N) is 1. The molecule has 4 aromatic rings. The summed E-state index contributed by atoms with van der Waals surface area (Å²) in [7, 11) is 2.11.